The first kappa shape index (κ1) is 14.7. The highest BCUT2D eigenvalue weighted by molar-refractivity contribution is 6.32. The number of carbonyl (C=O) groups is 1. The molecule has 3 nitrogen and oxygen atoms in total. The minimum absolute atomic E-state index is 0.338. The molecular formula is C15H14Cl2N2O. The van der Waals surface area contributed by atoms with E-state index in [2.05, 4.69) is 10.6 Å². The van der Waals surface area contributed by atoms with Crippen LogP contribution in [-0.2, 0) is 0 Å². The molecule has 2 aromatic rings. The van der Waals surface area contributed by atoms with Gasteiger partial charge in [0.25, 0.3) is 0 Å². The summed E-state index contributed by atoms with van der Waals surface area (Å²) >= 11 is 12.0. The summed E-state index contributed by atoms with van der Waals surface area (Å²) in [5, 5.41) is 6.71. The van der Waals surface area contributed by atoms with E-state index in [-0.39, 0.29) is 6.03 Å². The van der Waals surface area contributed by atoms with E-state index in [1.807, 2.05) is 19.9 Å². The third kappa shape index (κ3) is 3.44. The Kier molecular flexibility index (Phi) is 4.53. The van der Waals surface area contributed by atoms with Crippen molar-refractivity contribution in [3.63, 3.8) is 0 Å². The largest absolute Gasteiger partial charge is 0.323 e. The van der Waals surface area contributed by atoms with E-state index in [0.29, 0.717) is 21.4 Å². The first-order chi connectivity index (χ1) is 9.47. The molecule has 0 aliphatic rings. The summed E-state index contributed by atoms with van der Waals surface area (Å²) in [6, 6.07) is 10.4. The van der Waals surface area contributed by atoms with Crippen LogP contribution in [0.15, 0.2) is 36.4 Å². The molecule has 0 radical (unpaired) electrons. The molecule has 2 N–H and O–H groups in total. The number of halogens is 2. The van der Waals surface area contributed by atoms with Crippen molar-refractivity contribution < 1.29 is 4.79 Å². The molecule has 0 fully saturated rings. The minimum atomic E-state index is -0.338. The van der Waals surface area contributed by atoms with E-state index in [1.165, 1.54) is 0 Å². The third-order valence-corrected chi connectivity index (χ3v) is 3.76. The number of hydrogen-bond acceptors (Lipinski definition) is 1. The van der Waals surface area contributed by atoms with Crippen molar-refractivity contribution in [2.24, 2.45) is 0 Å². The Labute approximate surface area is 127 Å². The van der Waals surface area contributed by atoms with Gasteiger partial charge in [0.05, 0.1) is 0 Å². The molecule has 0 aliphatic carbocycles. The summed E-state index contributed by atoms with van der Waals surface area (Å²) in [4.78, 5) is 11.9. The molecule has 20 heavy (non-hydrogen) atoms. The van der Waals surface area contributed by atoms with Gasteiger partial charge in [-0.05, 0) is 49.2 Å². The second-order valence-corrected chi connectivity index (χ2v) is 5.27. The number of nitrogens with one attached hydrogen (secondary N) is 2. The van der Waals surface area contributed by atoms with Gasteiger partial charge in [-0.2, -0.15) is 0 Å². The van der Waals surface area contributed by atoms with Crippen LogP contribution in [0.5, 0.6) is 0 Å². The van der Waals surface area contributed by atoms with Crippen molar-refractivity contribution in [2.75, 3.05) is 10.6 Å². The average Bonchev–Trinajstić information content (AvgIpc) is 2.39. The SMILES string of the molecule is Cc1ccc(NC(=O)Nc2cccc(Cl)c2C)cc1Cl. The lowest BCUT2D eigenvalue weighted by molar-refractivity contribution is 0.262. The van der Waals surface area contributed by atoms with Crippen LogP contribution in [0.1, 0.15) is 11.1 Å². The van der Waals surface area contributed by atoms with E-state index in [4.69, 9.17) is 23.2 Å². The first-order valence-corrected chi connectivity index (χ1v) is 6.82. The van der Waals surface area contributed by atoms with E-state index in [0.717, 1.165) is 11.1 Å². The smallest absolute Gasteiger partial charge is 0.308 e. The van der Waals surface area contributed by atoms with Crippen molar-refractivity contribution in [3.05, 3.63) is 57.6 Å². The van der Waals surface area contributed by atoms with Crippen molar-refractivity contribution in [1.29, 1.82) is 0 Å². The average molecular weight is 309 g/mol. The molecule has 2 amide bonds. The van der Waals surface area contributed by atoms with Crippen molar-refractivity contribution in [1.82, 2.24) is 0 Å². The summed E-state index contributed by atoms with van der Waals surface area (Å²) in [6.45, 7) is 3.75. The molecular weight excluding hydrogens is 295 g/mol. The van der Waals surface area contributed by atoms with Gasteiger partial charge in [-0.25, -0.2) is 4.79 Å². The number of benzene rings is 2. The van der Waals surface area contributed by atoms with Crippen LogP contribution >= 0.6 is 23.2 Å². The molecule has 0 aliphatic heterocycles. The molecule has 2 aromatic carbocycles. The molecule has 0 saturated heterocycles. The Hall–Kier alpha value is -1.71. The minimum Gasteiger partial charge on any atom is -0.308 e. The van der Waals surface area contributed by atoms with Crippen LogP contribution in [0.2, 0.25) is 10.0 Å². The maximum atomic E-state index is 11.9. The Balaban J connectivity index is 2.09. The molecule has 104 valence electrons. The lowest BCUT2D eigenvalue weighted by Gasteiger charge is -2.11. The lowest BCUT2D eigenvalue weighted by atomic mass is 10.2. The summed E-state index contributed by atoms with van der Waals surface area (Å²) in [5.41, 5.74) is 3.10. The number of anilines is 2. The summed E-state index contributed by atoms with van der Waals surface area (Å²) in [5.74, 6) is 0. The zero-order chi connectivity index (χ0) is 14.7. The van der Waals surface area contributed by atoms with Crippen LogP contribution < -0.4 is 10.6 Å². The number of rotatable bonds is 2. The van der Waals surface area contributed by atoms with Crippen LogP contribution in [0.25, 0.3) is 0 Å². The van der Waals surface area contributed by atoms with E-state index >= 15 is 0 Å². The zero-order valence-electron chi connectivity index (χ0n) is 11.1. The van der Waals surface area contributed by atoms with Crippen LogP contribution in [0.3, 0.4) is 0 Å². The predicted molar refractivity (Wildman–Crippen MR) is 85.0 cm³/mol. The van der Waals surface area contributed by atoms with Crippen LogP contribution in [0.4, 0.5) is 16.2 Å². The van der Waals surface area contributed by atoms with E-state index in [9.17, 15) is 4.79 Å². The Morgan fingerprint density at radius 1 is 1.00 bits per heavy atom. The normalized spacial score (nSPS) is 10.2. The van der Waals surface area contributed by atoms with Gasteiger partial charge >= 0.3 is 6.03 Å². The molecule has 2 rings (SSSR count). The fourth-order valence-electron chi connectivity index (χ4n) is 1.70. The third-order valence-electron chi connectivity index (χ3n) is 2.95. The van der Waals surface area contributed by atoms with Gasteiger partial charge < -0.3 is 10.6 Å². The van der Waals surface area contributed by atoms with Gasteiger partial charge in [0.15, 0.2) is 0 Å². The summed E-state index contributed by atoms with van der Waals surface area (Å²) in [6.07, 6.45) is 0. The maximum Gasteiger partial charge on any atom is 0.323 e. The van der Waals surface area contributed by atoms with Crippen molar-refractivity contribution in [2.45, 2.75) is 13.8 Å². The first-order valence-electron chi connectivity index (χ1n) is 6.06. The molecule has 0 spiro atoms. The maximum absolute atomic E-state index is 11.9. The van der Waals surface area contributed by atoms with Crippen molar-refractivity contribution in [3.8, 4) is 0 Å². The van der Waals surface area contributed by atoms with Gasteiger partial charge in [0.2, 0.25) is 0 Å². The highest BCUT2D eigenvalue weighted by Crippen LogP contribution is 2.24. The second kappa shape index (κ2) is 6.16. The van der Waals surface area contributed by atoms with E-state index < -0.39 is 0 Å². The highest BCUT2D eigenvalue weighted by Gasteiger charge is 2.07. The molecule has 5 heteroatoms. The van der Waals surface area contributed by atoms with E-state index in [1.54, 1.807) is 30.3 Å². The number of amides is 2. The van der Waals surface area contributed by atoms with Crippen LogP contribution in [-0.4, -0.2) is 6.03 Å². The fourth-order valence-corrected chi connectivity index (χ4v) is 2.05. The van der Waals surface area contributed by atoms with Gasteiger partial charge in [0, 0.05) is 21.4 Å². The number of hydrogen-bond donors (Lipinski definition) is 2. The topological polar surface area (TPSA) is 41.1 Å². The van der Waals surface area contributed by atoms with Crippen LogP contribution in [0, 0.1) is 13.8 Å². The Morgan fingerprint density at radius 2 is 1.75 bits per heavy atom. The number of aryl methyl sites for hydroxylation is 1. The summed E-state index contributed by atoms with van der Waals surface area (Å²) < 4.78 is 0. The second-order valence-electron chi connectivity index (χ2n) is 4.46. The lowest BCUT2D eigenvalue weighted by Crippen LogP contribution is -2.20. The Bertz CT molecular complexity index is 656. The quantitative estimate of drug-likeness (QED) is 0.781. The molecule has 0 bridgehead atoms. The zero-order valence-corrected chi connectivity index (χ0v) is 12.6. The van der Waals surface area contributed by atoms with Crippen molar-refractivity contribution >= 4 is 40.6 Å². The monoisotopic (exact) mass is 308 g/mol. The standard InChI is InChI=1S/C15H14Cl2N2O/c1-9-6-7-11(8-13(9)17)18-15(20)19-14-5-3-4-12(16)10(14)2/h3-8H,1-2H3,(H2,18,19,20). The summed E-state index contributed by atoms with van der Waals surface area (Å²) in [7, 11) is 0. The van der Waals surface area contributed by atoms with Gasteiger partial charge in [-0.15, -0.1) is 0 Å². The molecule has 0 aromatic heterocycles. The molecule has 0 unspecified atom stereocenters. The van der Waals surface area contributed by atoms with Gasteiger partial charge in [0.1, 0.15) is 0 Å². The molecule has 0 heterocycles. The fraction of sp³-hybridized carbons (Fsp3) is 0.133. The van der Waals surface area contributed by atoms with Gasteiger partial charge in [-0.3, -0.25) is 0 Å². The number of urea groups is 1. The predicted octanol–water partition coefficient (Wildman–Crippen LogP) is 5.25. The molecule has 0 saturated carbocycles. The number of carbonyl (C=O) groups excluding carboxylic acids is 1. The highest BCUT2D eigenvalue weighted by atomic mass is 35.5. The molecule has 0 atom stereocenters. The van der Waals surface area contributed by atoms with Gasteiger partial charge in [-0.1, -0.05) is 35.3 Å². The Morgan fingerprint density at radius 3 is 2.45 bits per heavy atom.